The molecule has 4 nitrogen and oxygen atoms in total. The van der Waals surface area contributed by atoms with Gasteiger partial charge in [-0.2, -0.15) is 0 Å². The topological polar surface area (TPSA) is 43.4 Å². The SMILES string of the molecule is COc1cc(CNCc2cccnc2)c(Br)cc1OCc1cccc(C)c1. The van der Waals surface area contributed by atoms with Crippen LogP contribution in [-0.4, -0.2) is 12.1 Å². The zero-order chi connectivity index (χ0) is 19.1. The van der Waals surface area contributed by atoms with Crippen LogP contribution in [0.25, 0.3) is 0 Å². The maximum Gasteiger partial charge on any atom is 0.162 e. The van der Waals surface area contributed by atoms with Crippen molar-refractivity contribution in [3.63, 3.8) is 0 Å². The summed E-state index contributed by atoms with van der Waals surface area (Å²) in [6.07, 6.45) is 3.64. The van der Waals surface area contributed by atoms with Gasteiger partial charge in [-0.25, -0.2) is 0 Å². The van der Waals surface area contributed by atoms with E-state index >= 15 is 0 Å². The molecule has 0 atom stereocenters. The van der Waals surface area contributed by atoms with Gasteiger partial charge in [0.05, 0.1) is 7.11 Å². The first-order valence-electron chi connectivity index (χ1n) is 8.80. The summed E-state index contributed by atoms with van der Waals surface area (Å²) in [5.74, 6) is 1.45. The van der Waals surface area contributed by atoms with Crippen molar-refractivity contribution in [1.29, 1.82) is 0 Å². The molecule has 0 aliphatic heterocycles. The number of halogens is 1. The molecule has 1 heterocycles. The van der Waals surface area contributed by atoms with Crippen LogP contribution in [0.2, 0.25) is 0 Å². The van der Waals surface area contributed by atoms with Crippen molar-refractivity contribution in [3.05, 3.63) is 87.7 Å². The molecule has 1 aromatic heterocycles. The van der Waals surface area contributed by atoms with E-state index in [-0.39, 0.29) is 0 Å². The van der Waals surface area contributed by atoms with Gasteiger partial charge < -0.3 is 14.8 Å². The van der Waals surface area contributed by atoms with Crippen molar-refractivity contribution >= 4 is 15.9 Å². The molecule has 0 saturated carbocycles. The Morgan fingerprint density at radius 1 is 1.00 bits per heavy atom. The van der Waals surface area contributed by atoms with E-state index in [9.17, 15) is 0 Å². The predicted molar refractivity (Wildman–Crippen MR) is 111 cm³/mol. The highest BCUT2D eigenvalue weighted by Gasteiger charge is 2.11. The smallest absolute Gasteiger partial charge is 0.162 e. The second-order valence-corrected chi connectivity index (χ2v) is 7.19. The summed E-state index contributed by atoms with van der Waals surface area (Å²) >= 11 is 3.65. The van der Waals surface area contributed by atoms with E-state index in [2.05, 4.69) is 57.4 Å². The summed E-state index contributed by atoms with van der Waals surface area (Å²) < 4.78 is 12.5. The van der Waals surface area contributed by atoms with E-state index in [4.69, 9.17) is 9.47 Å². The van der Waals surface area contributed by atoms with Crippen LogP contribution in [0.1, 0.15) is 22.3 Å². The number of aromatic nitrogens is 1. The Bertz CT molecular complexity index is 885. The standard InChI is InChI=1S/C22H23BrN2O2/c1-16-5-3-6-17(9-16)15-27-22-11-20(23)19(10-21(22)26-2)14-25-13-18-7-4-8-24-12-18/h3-12,25H,13-15H2,1-2H3. The minimum Gasteiger partial charge on any atom is -0.493 e. The molecule has 0 fully saturated rings. The van der Waals surface area contributed by atoms with Crippen LogP contribution in [0.15, 0.2) is 65.4 Å². The van der Waals surface area contributed by atoms with E-state index in [1.165, 1.54) is 5.56 Å². The van der Waals surface area contributed by atoms with Crippen LogP contribution in [-0.2, 0) is 19.7 Å². The summed E-state index contributed by atoms with van der Waals surface area (Å²) in [7, 11) is 1.66. The highest BCUT2D eigenvalue weighted by atomic mass is 79.9. The number of hydrogen-bond acceptors (Lipinski definition) is 4. The molecule has 0 spiro atoms. The van der Waals surface area contributed by atoms with Crippen molar-refractivity contribution in [2.75, 3.05) is 7.11 Å². The second-order valence-electron chi connectivity index (χ2n) is 6.34. The predicted octanol–water partition coefficient (Wildman–Crippen LogP) is 5.03. The molecule has 27 heavy (non-hydrogen) atoms. The number of hydrogen-bond donors (Lipinski definition) is 1. The molecule has 0 aliphatic carbocycles. The number of rotatable bonds is 8. The minimum absolute atomic E-state index is 0.503. The molecule has 3 rings (SSSR count). The van der Waals surface area contributed by atoms with Gasteiger partial charge in [-0.1, -0.05) is 51.8 Å². The van der Waals surface area contributed by atoms with Gasteiger partial charge in [0.2, 0.25) is 0 Å². The van der Waals surface area contributed by atoms with Crippen LogP contribution in [0.3, 0.4) is 0 Å². The molecule has 0 aliphatic rings. The van der Waals surface area contributed by atoms with Crippen molar-refractivity contribution in [2.45, 2.75) is 26.6 Å². The van der Waals surface area contributed by atoms with Crippen LogP contribution < -0.4 is 14.8 Å². The molecule has 0 amide bonds. The van der Waals surface area contributed by atoms with Crippen molar-refractivity contribution < 1.29 is 9.47 Å². The van der Waals surface area contributed by atoms with E-state index < -0.39 is 0 Å². The third-order valence-corrected chi connectivity index (χ3v) is 4.92. The molecule has 5 heteroatoms. The Hall–Kier alpha value is -2.37. The average molecular weight is 427 g/mol. The van der Waals surface area contributed by atoms with Crippen LogP contribution in [0.4, 0.5) is 0 Å². The number of benzene rings is 2. The highest BCUT2D eigenvalue weighted by Crippen LogP contribution is 2.34. The molecular formula is C22H23BrN2O2. The van der Waals surface area contributed by atoms with Crippen molar-refractivity contribution in [2.24, 2.45) is 0 Å². The Morgan fingerprint density at radius 2 is 1.85 bits per heavy atom. The number of nitrogens with one attached hydrogen (secondary N) is 1. The minimum atomic E-state index is 0.503. The lowest BCUT2D eigenvalue weighted by Crippen LogP contribution is -2.13. The van der Waals surface area contributed by atoms with Crippen LogP contribution in [0, 0.1) is 6.92 Å². The van der Waals surface area contributed by atoms with Gasteiger partial charge in [0.15, 0.2) is 11.5 Å². The van der Waals surface area contributed by atoms with Gasteiger partial charge in [0.1, 0.15) is 6.61 Å². The van der Waals surface area contributed by atoms with Gasteiger partial charge in [-0.05, 0) is 41.8 Å². The lowest BCUT2D eigenvalue weighted by molar-refractivity contribution is 0.284. The molecule has 0 radical (unpaired) electrons. The van der Waals surface area contributed by atoms with Crippen LogP contribution in [0.5, 0.6) is 11.5 Å². The number of ether oxygens (including phenoxy) is 2. The number of methoxy groups -OCH3 is 1. The highest BCUT2D eigenvalue weighted by molar-refractivity contribution is 9.10. The fourth-order valence-electron chi connectivity index (χ4n) is 2.79. The lowest BCUT2D eigenvalue weighted by atomic mass is 10.1. The molecule has 3 aromatic rings. The summed E-state index contributed by atoms with van der Waals surface area (Å²) in [6.45, 7) is 4.05. The third kappa shape index (κ3) is 5.55. The third-order valence-electron chi connectivity index (χ3n) is 4.18. The first kappa shape index (κ1) is 19.4. The first-order valence-corrected chi connectivity index (χ1v) is 9.59. The van der Waals surface area contributed by atoms with E-state index in [1.807, 2.05) is 30.5 Å². The summed E-state index contributed by atoms with van der Waals surface area (Å²) in [6, 6.07) is 16.3. The molecule has 0 unspecified atom stereocenters. The zero-order valence-corrected chi connectivity index (χ0v) is 17.1. The quantitative estimate of drug-likeness (QED) is 0.548. The monoisotopic (exact) mass is 426 g/mol. The Kier molecular flexibility index (Phi) is 6.85. The molecular weight excluding hydrogens is 404 g/mol. The Morgan fingerprint density at radius 3 is 2.59 bits per heavy atom. The number of pyridine rings is 1. The van der Waals surface area contributed by atoms with E-state index in [0.29, 0.717) is 13.2 Å². The Labute approximate surface area is 168 Å². The van der Waals surface area contributed by atoms with Gasteiger partial charge >= 0.3 is 0 Å². The van der Waals surface area contributed by atoms with Gasteiger partial charge in [-0.15, -0.1) is 0 Å². The molecule has 1 N–H and O–H groups in total. The second kappa shape index (κ2) is 9.53. The summed E-state index contributed by atoms with van der Waals surface area (Å²) in [4.78, 5) is 4.13. The van der Waals surface area contributed by atoms with Crippen molar-refractivity contribution in [1.82, 2.24) is 10.3 Å². The average Bonchev–Trinajstić information content (AvgIpc) is 2.68. The van der Waals surface area contributed by atoms with E-state index in [1.54, 1.807) is 13.3 Å². The fraction of sp³-hybridized carbons (Fsp3) is 0.227. The molecule has 140 valence electrons. The molecule has 2 aromatic carbocycles. The normalized spacial score (nSPS) is 10.6. The molecule has 0 bridgehead atoms. The van der Waals surface area contributed by atoms with Gasteiger partial charge in [0.25, 0.3) is 0 Å². The summed E-state index contributed by atoms with van der Waals surface area (Å²) in [5, 5.41) is 3.43. The maximum absolute atomic E-state index is 6.00. The largest absolute Gasteiger partial charge is 0.493 e. The van der Waals surface area contributed by atoms with Crippen molar-refractivity contribution in [3.8, 4) is 11.5 Å². The fourth-order valence-corrected chi connectivity index (χ4v) is 3.25. The summed E-state index contributed by atoms with van der Waals surface area (Å²) in [5.41, 5.74) is 4.62. The van der Waals surface area contributed by atoms with Gasteiger partial charge in [0, 0.05) is 30.0 Å². The lowest BCUT2D eigenvalue weighted by Gasteiger charge is -2.15. The number of nitrogens with zero attached hydrogens (tertiary/aromatic N) is 1. The number of aryl methyl sites for hydroxylation is 1. The first-order chi connectivity index (χ1) is 13.2. The Balaban J connectivity index is 1.65. The van der Waals surface area contributed by atoms with E-state index in [0.717, 1.165) is 39.2 Å². The zero-order valence-electron chi connectivity index (χ0n) is 15.5. The maximum atomic E-state index is 6.00. The van der Waals surface area contributed by atoms with Crippen LogP contribution >= 0.6 is 15.9 Å². The van der Waals surface area contributed by atoms with Gasteiger partial charge in [-0.3, -0.25) is 4.98 Å². The molecule has 0 saturated heterocycles.